The molecule has 1 aromatic rings. The fourth-order valence-electron chi connectivity index (χ4n) is 2.24. The second-order valence-corrected chi connectivity index (χ2v) is 6.03. The molecule has 4 heteroatoms. The van der Waals surface area contributed by atoms with E-state index in [1.807, 2.05) is 18.4 Å². The fraction of sp³-hybridized carbons (Fsp3) is 0.786. The molecule has 1 heterocycles. The second kappa shape index (κ2) is 6.64. The maximum atomic E-state index is 5.90. The van der Waals surface area contributed by atoms with Gasteiger partial charge in [0, 0.05) is 18.0 Å². The summed E-state index contributed by atoms with van der Waals surface area (Å²) in [5, 5.41) is 4.44. The molecule has 1 aromatic heterocycles. The SMILES string of the molecule is CCCc1nc(C(OCC)C2CC2)sc1CNC. The molecule has 0 amide bonds. The van der Waals surface area contributed by atoms with Gasteiger partial charge in [-0.2, -0.15) is 0 Å². The first-order valence-electron chi connectivity index (χ1n) is 7.04. The Labute approximate surface area is 114 Å². The van der Waals surface area contributed by atoms with E-state index in [4.69, 9.17) is 9.72 Å². The molecule has 2 rings (SSSR count). The average molecular weight is 268 g/mol. The van der Waals surface area contributed by atoms with E-state index in [9.17, 15) is 0 Å². The Morgan fingerprint density at radius 2 is 2.22 bits per heavy atom. The molecule has 0 spiro atoms. The van der Waals surface area contributed by atoms with Crippen LogP contribution in [0, 0.1) is 5.92 Å². The smallest absolute Gasteiger partial charge is 0.122 e. The molecule has 1 aliphatic carbocycles. The van der Waals surface area contributed by atoms with Gasteiger partial charge in [0.1, 0.15) is 11.1 Å². The van der Waals surface area contributed by atoms with Crippen LogP contribution in [0.4, 0.5) is 0 Å². The molecule has 1 fully saturated rings. The van der Waals surface area contributed by atoms with Gasteiger partial charge < -0.3 is 10.1 Å². The maximum absolute atomic E-state index is 5.90. The predicted octanol–water partition coefficient (Wildman–Crippen LogP) is 3.30. The Hall–Kier alpha value is -0.450. The lowest BCUT2D eigenvalue weighted by Crippen LogP contribution is -2.06. The van der Waals surface area contributed by atoms with E-state index in [2.05, 4.69) is 19.2 Å². The number of hydrogen-bond acceptors (Lipinski definition) is 4. The zero-order valence-electron chi connectivity index (χ0n) is 11.7. The molecule has 1 N–H and O–H groups in total. The molecule has 102 valence electrons. The van der Waals surface area contributed by atoms with Gasteiger partial charge in [0.15, 0.2) is 0 Å². The van der Waals surface area contributed by atoms with Crippen molar-refractivity contribution in [3.63, 3.8) is 0 Å². The molecule has 1 saturated carbocycles. The van der Waals surface area contributed by atoms with Gasteiger partial charge in [0.05, 0.1) is 5.69 Å². The summed E-state index contributed by atoms with van der Waals surface area (Å²) in [6.45, 7) is 6.00. The minimum atomic E-state index is 0.251. The first-order chi connectivity index (χ1) is 8.80. The van der Waals surface area contributed by atoms with E-state index in [-0.39, 0.29) is 6.10 Å². The third-order valence-electron chi connectivity index (χ3n) is 3.26. The highest BCUT2D eigenvalue weighted by Crippen LogP contribution is 2.44. The van der Waals surface area contributed by atoms with Crippen molar-refractivity contribution in [3.05, 3.63) is 15.6 Å². The normalized spacial score (nSPS) is 17.1. The summed E-state index contributed by atoms with van der Waals surface area (Å²) in [4.78, 5) is 6.24. The molecule has 0 aromatic carbocycles. The second-order valence-electron chi connectivity index (χ2n) is 4.92. The molecule has 0 bridgehead atoms. The molecule has 0 saturated heterocycles. The van der Waals surface area contributed by atoms with E-state index in [0.29, 0.717) is 5.92 Å². The van der Waals surface area contributed by atoms with E-state index >= 15 is 0 Å². The van der Waals surface area contributed by atoms with Crippen LogP contribution in [0.5, 0.6) is 0 Å². The Morgan fingerprint density at radius 1 is 1.44 bits per heavy atom. The van der Waals surface area contributed by atoms with Crippen LogP contribution in [-0.4, -0.2) is 18.6 Å². The molecule has 3 nitrogen and oxygen atoms in total. The van der Waals surface area contributed by atoms with Crippen molar-refractivity contribution >= 4 is 11.3 Å². The van der Waals surface area contributed by atoms with E-state index in [0.717, 1.165) is 26.0 Å². The highest BCUT2D eigenvalue weighted by Gasteiger charge is 2.35. The first-order valence-corrected chi connectivity index (χ1v) is 7.86. The highest BCUT2D eigenvalue weighted by molar-refractivity contribution is 7.11. The van der Waals surface area contributed by atoms with Crippen LogP contribution in [0.2, 0.25) is 0 Å². The minimum Gasteiger partial charge on any atom is -0.371 e. The number of aryl methyl sites for hydroxylation is 1. The minimum absolute atomic E-state index is 0.251. The zero-order chi connectivity index (χ0) is 13.0. The quantitative estimate of drug-likeness (QED) is 0.785. The van der Waals surface area contributed by atoms with Crippen molar-refractivity contribution < 1.29 is 4.74 Å². The third kappa shape index (κ3) is 3.31. The molecule has 1 atom stereocenters. The van der Waals surface area contributed by atoms with Crippen LogP contribution in [0.3, 0.4) is 0 Å². The fourth-order valence-corrected chi connectivity index (χ4v) is 3.51. The van der Waals surface area contributed by atoms with Gasteiger partial charge in [-0.15, -0.1) is 11.3 Å². The largest absolute Gasteiger partial charge is 0.371 e. The Bertz CT molecular complexity index is 350. The van der Waals surface area contributed by atoms with Gasteiger partial charge in [-0.05, 0) is 39.2 Å². The van der Waals surface area contributed by atoms with Crippen molar-refractivity contribution in [2.45, 2.75) is 52.2 Å². The number of hydrogen-bond donors (Lipinski definition) is 1. The molecule has 0 aliphatic heterocycles. The number of nitrogens with one attached hydrogen (secondary N) is 1. The van der Waals surface area contributed by atoms with Crippen molar-refractivity contribution in [2.24, 2.45) is 5.92 Å². The van der Waals surface area contributed by atoms with Crippen molar-refractivity contribution in [2.75, 3.05) is 13.7 Å². The van der Waals surface area contributed by atoms with Gasteiger partial charge >= 0.3 is 0 Å². The highest BCUT2D eigenvalue weighted by atomic mass is 32.1. The zero-order valence-corrected chi connectivity index (χ0v) is 12.5. The number of aromatic nitrogens is 1. The van der Waals surface area contributed by atoms with Crippen LogP contribution < -0.4 is 5.32 Å². The van der Waals surface area contributed by atoms with Crippen LogP contribution in [0.15, 0.2) is 0 Å². The van der Waals surface area contributed by atoms with Crippen LogP contribution in [-0.2, 0) is 17.7 Å². The summed E-state index contributed by atoms with van der Waals surface area (Å²) in [5.74, 6) is 0.716. The number of rotatable bonds is 8. The van der Waals surface area contributed by atoms with Crippen LogP contribution in [0.25, 0.3) is 0 Å². The van der Waals surface area contributed by atoms with E-state index in [1.165, 1.54) is 28.4 Å². The molecule has 0 radical (unpaired) electrons. The van der Waals surface area contributed by atoms with Crippen LogP contribution in [0.1, 0.15) is 54.8 Å². The van der Waals surface area contributed by atoms with Crippen LogP contribution >= 0.6 is 11.3 Å². The van der Waals surface area contributed by atoms with Gasteiger partial charge in [0.25, 0.3) is 0 Å². The molecule has 1 aliphatic rings. The molecular weight excluding hydrogens is 244 g/mol. The summed E-state index contributed by atoms with van der Waals surface area (Å²) >= 11 is 1.84. The van der Waals surface area contributed by atoms with E-state index < -0.39 is 0 Å². The summed E-state index contributed by atoms with van der Waals surface area (Å²) in [6.07, 6.45) is 5.09. The summed E-state index contributed by atoms with van der Waals surface area (Å²) in [7, 11) is 2.00. The van der Waals surface area contributed by atoms with Gasteiger partial charge in [0.2, 0.25) is 0 Å². The van der Waals surface area contributed by atoms with Gasteiger partial charge in [-0.1, -0.05) is 13.3 Å². The summed E-state index contributed by atoms with van der Waals surface area (Å²) in [5.41, 5.74) is 1.28. The first kappa shape index (κ1) is 14.0. The Kier molecular flexibility index (Phi) is 5.15. The Balaban J connectivity index is 2.17. The average Bonchev–Trinajstić information content (AvgIpc) is 3.12. The van der Waals surface area contributed by atoms with E-state index in [1.54, 1.807) is 0 Å². The lowest BCUT2D eigenvalue weighted by molar-refractivity contribution is 0.0461. The van der Waals surface area contributed by atoms with Crippen molar-refractivity contribution in [1.82, 2.24) is 10.3 Å². The molecule has 1 unspecified atom stereocenters. The van der Waals surface area contributed by atoms with Gasteiger partial charge in [-0.3, -0.25) is 0 Å². The molecule has 18 heavy (non-hydrogen) atoms. The summed E-state index contributed by atoms with van der Waals surface area (Å²) in [6, 6.07) is 0. The topological polar surface area (TPSA) is 34.1 Å². The third-order valence-corrected chi connectivity index (χ3v) is 4.42. The monoisotopic (exact) mass is 268 g/mol. The number of thiazole rings is 1. The van der Waals surface area contributed by atoms with Crippen molar-refractivity contribution in [3.8, 4) is 0 Å². The lowest BCUT2D eigenvalue weighted by Gasteiger charge is -2.12. The number of nitrogens with zero attached hydrogens (tertiary/aromatic N) is 1. The standard InChI is InChI=1S/C14H24N2OS/c1-4-6-11-12(9-15-3)18-14(16-11)13(17-5-2)10-7-8-10/h10,13,15H,4-9H2,1-3H3. The molecular formula is C14H24N2OS. The van der Waals surface area contributed by atoms with Crippen molar-refractivity contribution in [1.29, 1.82) is 0 Å². The lowest BCUT2D eigenvalue weighted by atomic mass is 10.2. The predicted molar refractivity (Wildman–Crippen MR) is 76.0 cm³/mol. The summed E-state index contributed by atoms with van der Waals surface area (Å²) < 4.78 is 5.90. The van der Waals surface area contributed by atoms with Gasteiger partial charge in [-0.25, -0.2) is 4.98 Å². The Morgan fingerprint density at radius 3 is 2.78 bits per heavy atom. The number of ether oxygens (including phenoxy) is 1. The maximum Gasteiger partial charge on any atom is 0.122 e.